The molecule has 20 heavy (non-hydrogen) atoms. The van der Waals surface area contributed by atoms with E-state index in [9.17, 15) is 9.59 Å². The van der Waals surface area contributed by atoms with E-state index in [1.54, 1.807) is 0 Å². The molecule has 0 aromatic carbocycles. The Kier molecular flexibility index (Phi) is 7.54. The molecule has 0 radical (unpaired) electrons. The van der Waals surface area contributed by atoms with Gasteiger partial charge < -0.3 is 14.7 Å². The minimum atomic E-state index is -0.850. The molecule has 0 spiro atoms. The van der Waals surface area contributed by atoms with Crippen LogP contribution in [0.15, 0.2) is 0 Å². The molecule has 1 N–H and O–H groups in total. The molecule has 1 aliphatic rings. The summed E-state index contributed by atoms with van der Waals surface area (Å²) in [5.74, 6) is -0.761. The number of hydrogen-bond donors (Lipinski definition) is 1. The van der Waals surface area contributed by atoms with Crippen molar-refractivity contribution in [2.45, 2.75) is 39.2 Å². The van der Waals surface area contributed by atoms with E-state index in [0.29, 0.717) is 26.3 Å². The zero-order valence-corrected chi connectivity index (χ0v) is 12.5. The molecule has 1 amide bonds. The second kappa shape index (κ2) is 8.92. The van der Waals surface area contributed by atoms with Crippen molar-refractivity contribution in [1.82, 2.24) is 9.80 Å². The fourth-order valence-electron chi connectivity index (χ4n) is 2.46. The van der Waals surface area contributed by atoms with Crippen LogP contribution in [0.25, 0.3) is 0 Å². The molecule has 1 rings (SSSR count). The summed E-state index contributed by atoms with van der Waals surface area (Å²) in [6.45, 7) is 7.50. The number of nitrogens with zero attached hydrogens (tertiary/aromatic N) is 2. The summed E-state index contributed by atoms with van der Waals surface area (Å²) in [6, 6.07) is -0.199. The van der Waals surface area contributed by atoms with Crippen molar-refractivity contribution < 1.29 is 19.4 Å². The van der Waals surface area contributed by atoms with Crippen LogP contribution in [0.2, 0.25) is 0 Å². The van der Waals surface area contributed by atoms with E-state index in [0.717, 1.165) is 25.9 Å². The normalized spacial score (nSPS) is 19.8. The van der Waals surface area contributed by atoms with Gasteiger partial charge in [-0.15, -0.1) is 0 Å². The summed E-state index contributed by atoms with van der Waals surface area (Å²) >= 11 is 0. The number of aliphatic carboxylic acids is 1. The summed E-state index contributed by atoms with van der Waals surface area (Å²) < 4.78 is 5.32. The lowest BCUT2D eigenvalue weighted by molar-refractivity contribution is -0.143. The highest BCUT2D eigenvalue weighted by Gasteiger charge is 2.28. The first-order chi connectivity index (χ1) is 9.58. The van der Waals surface area contributed by atoms with E-state index in [4.69, 9.17) is 9.84 Å². The molecule has 0 aliphatic carbocycles. The molecule has 0 aromatic heterocycles. The second-order valence-electron chi connectivity index (χ2n) is 5.18. The highest BCUT2D eigenvalue weighted by molar-refractivity contribution is 5.78. The Labute approximate surface area is 120 Å². The maximum atomic E-state index is 12.3. The number of hydrogen-bond acceptors (Lipinski definition) is 4. The maximum Gasteiger partial charge on any atom is 0.305 e. The lowest BCUT2D eigenvalue weighted by atomic mass is 10.1. The molecule has 1 saturated heterocycles. The Morgan fingerprint density at radius 2 is 1.95 bits per heavy atom. The summed E-state index contributed by atoms with van der Waals surface area (Å²) in [5.41, 5.74) is 0. The molecule has 116 valence electrons. The molecule has 1 aliphatic heterocycles. The number of rotatable bonds is 8. The number of carboxylic acid groups (broad SMARTS) is 1. The highest BCUT2D eigenvalue weighted by Crippen LogP contribution is 2.11. The number of carboxylic acids is 1. The predicted octanol–water partition coefficient (Wildman–Crippen LogP) is 0.811. The zero-order chi connectivity index (χ0) is 15.0. The Balaban J connectivity index is 2.57. The van der Waals surface area contributed by atoms with Gasteiger partial charge in [0.1, 0.15) is 0 Å². The molecule has 1 fully saturated rings. The topological polar surface area (TPSA) is 70.1 Å². The van der Waals surface area contributed by atoms with Crippen molar-refractivity contribution in [2.75, 3.05) is 39.4 Å². The maximum absolute atomic E-state index is 12.3. The van der Waals surface area contributed by atoms with E-state index in [2.05, 4.69) is 13.8 Å². The van der Waals surface area contributed by atoms with Gasteiger partial charge in [0.15, 0.2) is 0 Å². The van der Waals surface area contributed by atoms with Crippen LogP contribution < -0.4 is 0 Å². The fourth-order valence-corrected chi connectivity index (χ4v) is 2.46. The van der Waals surface area contributed by atoms with Gasteiger partial charge in [0.25, 0.3) is 0 Å². The van der Waals surface area contributed by atoms with Crippen molar-refractivity contribution >= 4 is 11.9 Å². The van der Waals surface area contributed by atoms with Gasteiger partial charge in [-0.2, -0.15) is 0 Å². The van der Waals surface area contributed by atoms with E-state index in [1.165, 1.54) is 0 Å². The molecule has 6 heteroatoms. The van der Waals surface area contributed by atoms with Crippen LogP contribution in [-0.4, -0.2) is 72.2 Å². The van der Waals surface area contributed by atoms with Gasteiger partial charge in [-0.3, -0.25) is 14.5 Å². The zero-order valence-electron chi connectivity index (χ0n) is 12.5. The van der Waals surface area contributed by atoms with E-state index in [-0.39, 0.29) is 18.4 Å². The first-order valence-corrected chi connectivity index (χ1v) is 7.39. The van der Waals surface area contributed by atoms with Crippen LogP contribution in [0.1, 0.15) is 33.1 Å². The van der Waals surface area contributed by atoms with Gasteiger partial charge in [-0.1, -0.05) is 13.8 Å². The molecule has 6 nitrogen and oxygen atoms in total. The van der Waals surface area contributed by atoms with Gasteiger partial charge >= 0.3 is 5.97 Å². The highest BCUT2D eigenvalue weighted by atomic mass is 16.5. The summed E-state index contributed by atoms with van der Waals surface area (Å²) in [5, 5.41) is 8.92. The average molecular weight is 286 g/mol. The standard InChI is InChI=1S/C14H26N2O4/c1-3-5-15(6-4-2)13(17)10-16-7-8-20-11-12(16)9-14(18)19/h12H,3-11H2,1-2H3,(H,18,19). The predicted molar refractivity (Wildman–Crippen MR) is 75.6 cm³/mol. The van der Waals surface area contributed by atoms with Crippen molar-refractivity contribution in [1.29, 1.82) is 0 Å². The van der Waals surface area contributed by atoms with Crippen LogP contribution in [0.5, 0.6) is 0 Å². The summed E-state index contributed by atoms with van der Waals surface area (Å²) in [6.07, 6.45) is 1.90. The molecule has 1 unspecified atom stereocenters. The van der Waals surface area contributed by atoms with Gasteiger partial charge in [0.05, 0.1) is 26.2 Å². The number of carbonyl (C=O) groups is 2. The quantitative estimate of drug-likeness (QED) is 0.715. The van der Waals surface area contributed by atoms with Crippen molar-refractivity contribution in [3.63, 3.8) is 0 Å². The van der Waals surface area contributed by atoms with Crippen molar-refractivity contribution in [3.8, 4) is 0 Å². The lowest BCUT2D eigenvalue weighted by Gasteiger charge is -2.35. The van der Waals surface area contributed by atoms with Gasteiger partial charge in [-0.25, -0.2) is 0 Å². The molecule has 0 saturated carbocycles. The Morgan fingerprint density at radius 3 is 2.50 bits per heavy atom. The number of morpholine rings is 1. The summed E-state index contributed by atoms with van der Waals surface area (Å²) in [7, 11) is 0. The van der Waals surface area contributed by atoms with Gasteiger partial charge in [0.2, 0.25) is 5.91 Å². The average Bonchev–Trinajstić information content (AvgIpc) is 2.40. The third-order valence-corrected chi connectivity index (χ3v) is 3.44. The summed E-state index contributed by atoms with van der Waals surface area (Å²) in [4.78, 5) is 27.0. The molecular weight excluding hydrogens is 260 g/mol. The van der Waals surface area contributed by atoms with E-state index in [1.807, 2.05) is 9.80 Å². The van der Waals surface area contributed by atoms with Crippen LogP contribution in [0, 0.1) is 0 Å². The third-order valence-electron chi connectivity index (χ3n) is 3.44. The number of ether oxygens (including phenoxy) is 1. The molecule has 1 atom stereocenters. The van der Waals surface area contributed by atoms with E-state index < -0.39 is 5.97 Å². The largest absolute Gasteiger partial charge is 0.481 e. The molecule has 0 bridgehead atoms. The number of amides is 1. The van der Waals surface area contributed by atoms with E-state index >= 15 is 0 Å². The second-order valence-corrected chi connectivity index (χ2v) is 5.18. The van der Waals surface area contributed by atoms with Crippen molar-refractivity contribution in [2.24, 2.45) is 0 Å². The lowest BCUT2D eigenvalue weighted by Crippen LogP contribution is -2.51. The third kappa shape index (κ3) is 5.46. The van der Waals surface area contributed by atoms with Gasteiger partial charge in [-0.05, 0) is 12.8 Å². The Bertz CT molecular complexity index is 316. The minimum absolute atomic E-state index is 0.0227. The smallest absolute Gasteiger partial charge is 0.305 e. The monoisotopic (exact) mass is 286 g/mol. The molecule has 1 heterocycles. The number of carbonyl (C=O) groups excluding carboxylic acids is 1. The Hall–Kier alpha value is -1.14. The van der Waals surface area contributed by atoms with Crippen LogP contribution in [-0.2, 0) is 14.3 Å². The van der Waals surface area contributed by atoms with Crippen molar-refractivity contribution in [3.05, 3.63) is 0 Å². The Morgan fingerprint density at radius 1 is 1.30 bits per heavy atom. The first kappa shape index (κ1) is 16.9. The van der Waals surface area contributed by atoms with Gasteiger partial charge in [0, 0.05) is 25.7 Å². The molecular formula is C14H26N2O4. The molecule has 0 aromatic rings. The minimum Gasteiger partial charge on any atom is -0.481 e. The fraction of sp³-hybridized carbons (Fsp3) is 0.857. The van der Waals surface area contributed by atoms with Crippen LogP contribution in [0.3, 0.4) is 0 Å². The van der Waals surface area contributed by atoms with Crippen LogP contribution >= 0.6 is 0 Å². The first-order valence-electron chi connectivity index (χ1n) is 7.39. The van der Waals surface area contributed by atoms with Crippen LogP contribution in [0.4, 0.5) is 0 Å². The SMILES string of the molecule is CCCN(CCC)C(=O)CN1CCOCC1CC(=O)O.